The summed E-state index contributed by atoms with van der Waals surface area (Å²) < 4.78 is 13.2. The van der Waals surface area contributed by atoms with Crippen LogP contribution in [0.1, 0.15) is 10.4 Å². The Morgan fingerprint density at radius 2 is 2.06 bits per heavy atom. The minimum absolute atomic E-state index is 0.0361. The fraction of sp³-hybridized carbons (Fsp3) is 0. The van der Waals surface area contributed by atoms with E-state index in [2.05, 4.69) is 10.3 Å². The molecule has 0 unspecified atom stereocenters. The van der Waals surface area contributed by atoms with Crippen LogP contribution >= 0.6 is 23.2 Å². The van der Waals surface area contributed by atoms with Gasteiger partial charge in [-0.2, -0.15) is 0 Å². The third kappa shape index (κ3) is 2.78. The van der Waals surface area contributed by atoms with Crippen LogP contribution in [0.4, 0.5) is 10.1 Å². The van der Waals surface area contributed by atoms with Crippen molar-refractivity contribution in [2.75, 3.05) is 5.32 Å². The number of halogens is 3. The number of rotatable bonds is 2. The van der Waals surface area contributed by atoms with Crippen molar-refractivity contribution in [3.8, 4) is 0 Å². The summed E-state index contributed by atoms with van der Waals surface area (Å²) in [5, 5.41) is 2.66. The first kappa shape index (κ1) is 12.8. The van der Waals surface area contributed by atoms with Gasteiger partial charge in [-0.3, -0.25) is 4.79 Å². The highest BCUT2D eigenvalue weighted by atomic mass is 35.5. The molecule has 2 rings (SSSR count). The number of nitrogens with one attached hydrogen (secondary N) is 1. The lowest BCUT2D eigenvalue weighted by molar-refractivity contribution is 0.102. The fourth-order valence-corrected chi connectivity index (χ4v) is 1.60. The van der Waals surface area contributed by atoms with E-state index in [0.717, 1.165) is 6.07 Å². The summed E-state index contributed by atoms with van der Waals surface area (Å²) in [5.41, 5.74) is 0.511. The zero-order valence-corrected chi connectivity index (χ0v) is 10.5. The van der Waals surface area contributed by atoms with Crippen molar-refractivity contribution >= 4 is 34.8 Å². The standard InChI is InChI=1S/C12H7Cl2FN2O/c13-8-4-3-7(6-9(8)15)12(18)17-10-2-1-5-16-11(10)14/h1-6H,(H,17,18). The van der Waals surface area contributed by atoms with E-state index < -0.39 is 11.7 Å². The predicted molar refractivity (Wildman–Crippen MR) is 68.6 cm³/mol. The number of amides is 1. The molecular weight excluding hydrogens is 278 g/mol. The molecule has 0 saturated heterocycles. The van der Waals surface area contributed by atoms with Gasteiger partial charge in [0.2, 0.25) is 0 Å². The number of hydrogen-bond donors (Lipinski definition) is 1. The molecule has 1 N–H and O–H groups in total. The Kier molecular flexibility index (Phi) is 3.79. The largest absolute Gasteiger partial charge is 0.319 e. The van der Waals surface area contributed by atoms with Crippen molar-refractivity contribution < 1.29 is 9.18 Å². The van der Waals surface area contributed by atoms with Crippen LogP contribution in [0, 0.1) is 5.82 Å². The highest BCUT2D eigenvalue weighted by molar-refractivity contribution is 6.32. The second kappa shape index (κ2) is 5.33. The van der Waals surface area contributed by atoms with Crippen molar-refractivity contribution in [2.24, 2.45) is 0 Å². The van der Waals surface area contributed by atoms with Gasteiger partial charge in [-0.1, -0.05) is 23.2 Å². The summed E-state index contributed by atoms with van der Waals surface area (Å²) in [5.74, 6) is -1.14. The molecule has 2 aromatic rings. The van der Waals surface area contributed by atoms with E-state index in [4.69, 9.17) is 23.2 Å². The Labute approximate surface area is 113 Å². The Hall–Kier alpha value is -1.65. The summed E-state index contributed by atoms with van der Waals surface area (Å²) in [7, 11) is 0. The lowest BCUT2D eigenvalue weighted by atomic mass is 10.2. The van der Waals surface area contributed by atoms with Crippen molar-refractivity contribution in [2.45, 2.75) is 0 Å². The molecule has 0 bridgehead atoms. The van der Waals surface area contributed by atoms with Crippen molar-refractivity contribution in [3.05, 3.63) is 58.1 Å². The Morgan fingerprint density at radius 3 is 2.72 bits per heavy atom. The lowest BCUT2D eigenvalue weighted by Gasteiger charge is -2.06. The van der Waals surface area contributed by atoms with Gasteiger partial charge in [-0.15, -0.1) is 0 Å². The fourth-order valence-electron chi connectivity index (χ4n) is 1.31. The SMILES string of the molecule is O=C(Nc1cccnc1Cl)c1ccc(Cl)c(F)c1. The molecule has 18 heavy (non-hydrogen) atoms. The van der Waals surface area contributed by atoms with Gasteiger partial charge in [-0.25, -0.2) is 9.37 Å². The first-order valence-corrected chi connectivity index (χ1v) is 5.70. The van der Waals surface area contributed by atoms with Crippen molar-refractivity contribution in [3.63, 3.8) is 0 Å². The topological polar surface area (TPSA) is 42.0 Å². The molecule has 3 nitrogen and oxygen atoms in total. The van der Waals surface area contributed by atoms with Crippen LogP contribution in [0.5, 0.6) is 0 Å². The van der Waals surface area contributed by atoms with Gasteiger partial charge in [0.05, 0.1) is 10.7 Å². The van der Waals surface area contributed by atoms with Gasteiger partial charge in [0.25, 0.3) is 5.91 Å². The normalized spacial score (nSPS) is 10.2. The van der Waals surface area contributed by atoms with Gasteiger partial charge in [0.15, 0.2) is 5.15 Å². The molecule has 1 amide bonds. The summed E-state index contributed by atoms with van der Waals surface area (Å²) >= 11 is 11.3. The third-order valence-electron chi connectivity index (χ3n) is 2.19. The molecule has 1 heterocycles. The second-order valence-corrected chi connectivity index (χ2v) is 4.19. The summed E-state index contributed by atoms with van der Waals surface area (Å²) in [4.78, 5) is 15.6. The van der Waals surface area contributed by atoms with E-state index in [-0.39, 0.29) is 15.7 Å². The summed E-state index contributed by atoms with van der Waals surface area (Å²) in [6, 6.07) is 7.02. The first-order chi connectivity index (χ1) is 8.58. The third-order valence-corrected chi connectivity index (χ3v) is 2.80. The lowest BCUT2D eigenvalue weighted by Crippen LogP contribution is -2.12. The van der Waals surface area contributed by atoms with Crippen molar-refractivity contribution in [1.82, 2.24) is 4.98 Å². The molecule has 0 aliphatic heterocycles. The molecule has 0 spiro atoms. The average Bonchev–Trinajstić information content (AvgIpc) is 2.35. The molecule has 92 valence electrons. The molecular formula is C12H7Cl2FN2O. The maximum Gasteiger partial charge on any atom is 0.255 e. The summed E-state index contributed by atoms with van der Waals surface area (Å²) in [6.45, 7) is 0. The molecule has 1 aromatic heterocycles. The van der Waals surface area contributed by atoms with E-state index in [1.54, 1.807) is 12.1 Å². The number of benzene rings is 1. The minimum Gasteiger partial charge on any atom is -0.319 e. The van der Waals surface area contributed by atoms with E-state index in [1.165, 1.54) is 18.3 Å². The average molecular weight is 285 g/mol. The molecule has 0 atom stereocenters. The number of carbonyl (C=O) groups excluding carboxylic acids is 1. The first-order valence-electron chi connectivity index (χ1n) is 4.95. The maximum absolute atomic E-state index is 13.2. The Morgan fingerprint density at radius 1 is 1.28 bits per heavy atom. The van der Waals surface area contributed by atoms with Crippen LogP contribution in [0.3, 0.4) is 0 Å². The number of hydrogen-bond acceptors (Lipinski definition) is 2. The highest BCUT2D eigenvalue weighted by Crippen LogP contribution is 2.20. The maximum atomic E-state index is 13.2. The quantitative estimate of drug-likeness (QED) is 0.853. The zero-order chi connectivity index (χ0) is 13.1. The van der Waals surface area contributed by atoms with Gasteiger partial charge >= 0.3 is 0 Å². The number of nitrogens with zero attached hydrogens (tertiary/aromatic N) is 1. The molecule has 0 fully saturated rings. The van der Waals surface area contributed by atoms with Gasteiger partial charge in [0.1, 0.15) is 5.82 Å². The number of pyridine rings is 1. The zero-order valence-electron chi connectivity index (χ0n) is 8.95. The molecule has 6 heteroatoms. The van der Waals surface area contributed by atoms with E-state index in [9.17, 15) is 9.18 Å². The van der Waals surface area contributed by atoms with Crippen LogP contribution in [0.2, 0.25) is 10.2 Å². The number of aromatic nitrogens is 1. The van der Waals surface area contributed by atoms with Crippen LogP contribution in [0.25, 0.3) is 0 Å². The number of carbonyl (C=O) groups is 1. The van der Waals surface area contributed by atoms with Crippen molar-refractivity contribution in [1.29, 1.82) is 0 Å². The van der Waals surface area contributed by atoms with Gasteiger partial charge in [0, 0.05) is 11.8 Å². The second-order valence-electron chi connectivity index (χ2n) is 3.42. The molecule has 0 aliphatic carbocycles. The van der Waals surface area contributed by atoms with Crippen LogP contribution in [0.15, 0.2) is 36.5 Å². The van der Waals surface area contributed by atoms with E-state index >= 15 is 0 Å². The summed E-state index contributed by atoms with van der Waals surface area (Å²) in [6.07, 6.45) is 1.50. The highest BCUT2D eigenvalue weighted by Gasteiger charge is 2.10. The van der Waals surface area contributed by atoms with Crippen LogP contribution in [-0.2, 0) is 0 Å². The Balaban J connectivity index is 2.22. The smallest absolute Gasteiger partial charge is 0.255 e. The van der Waals surface area contributed by atoms with Gasteiger partial charge in [-0.05, 0) is 30.3 Å². The van der Waals surface area contributed by atoms with Crippen LogP contribution < -0.4 is 5.32 Å². The Bertz CT molecular complexity index is 604. The monoisotopic (exact) mass is 284 g/mol. The molecule has 0 saturated carbocycles. The van der Waals surface area contributed by atoms with E-state index in [0.29, 0.717) is 5.69 Å². The predicted octanol–water partition coefficient (Wildman–Crippen LogP) is 3.78. The minimum atomic E-state index is -0.651. The molecule has 1 aromatic carbocycles. The number of anilines is 1. The molecule has 0 aliphatic rings. The molecule has 0 radical (unpaired) electrons. The van der Waals surface area contributed by atoms with Gasteiger partial charge < -0.3 is 5.32 Å². The van der Waals surface area contributed by atoms with Crippen LogP contribution in [-0.4, -0.2) is 10.9 Å². The van der Waals surface area contributed by atoms with E-state index in [1.807, 2.05) is 0 Å².